The second-order valence-electron chi connectivity index (χ2n) is 8.05. The summed E-state index contributed by atoms with van der Waals surface area (Å²) in [5.74, 6) is -0.681. The number of amides is 2. The normalized spacial score (nSPS) is 11.7. The summed E-state index contributed by atoms with van der Waals surface area (Å²) in [5, 5.41) is 2.60. The molecule has 0 unspecified atom stereocenters. The van der Waals surface area contributed by atoms with Crippen LogP contribution in [0.4, 0.5) is 23.7 Å². The maximum Gasteiger partial charge on any atom is 0.421 e. The van der Waals surface area contributed by atoms with E-state index >= 15 is 0 Å². The van der Waals surface area contributed by atoms with Crippen molar-refractivity contribution in [2.45, 2.75) is 52.6 Å². The van der Waals surface area contributed by atoms with Crippen molar-refractivity contribution in [1.82, 2.24) is 9.47 Å². The van der Waals surface area contributed by atoms with E-state index in [1.807, 2.05) is 0 Å². The van der Waals surface area contributed by atoms with Crippen LogP contribution in [0.25, 0.3) is 0 Å². The number of hydrogen-bond acceptors (Lipinski definition) is 4. The van der Waals surface area contributed by atoms with Gasteiger partial charge in [-0.05, 0) is 51.5 Å². The molecule has 2 rings (SSSR count). The second kappa shape index (κ2) is 9.88. The van der Waals surface area contributed by atoms with E-state index in [0.29, 0.717) is 28.4 Å². The van der Waals surface area contributed by atoms with E-state index in [4.69, 9.17) is 4.74 Å². The number of nitrogens with zero attached hydrogens (tertiary/aromatic N) is 2. The Hall–Kier alpha value is -3.30. The summed E-state index contributed by atoms with van der Waals surface area (Å²) in [5.41, 5.74) is -2.34. The average Bonchev–Trinajstić information content (AvgIpc) is 2.66. The first kappa shape index (κ1) is 25.0. The third-order valence-electron chi connectivity index (χ3n) is 4.33. The summed E-state index contributed by atoms with van der Waals surface area (Å²) < 4.78 is 44.9. The minimum Gasteiger partial charge on any atom is -0.444 e. The zero-order valence-electron chi connectivity index (χ0n) is 18.3. The Kier molecular flexibility index (Phi) is 7.71. The number of anilines is 1. The smallest absolute Gasteiger partial charge is 0.421 e. The van der Waals surface area contributed by atoms with Crippen LogP contribution >= 0.6 is 0 Å². The maximum atomic E-state index is 12.9. The quantitative estimate of drug-likeness (QED) is 0.709. The Morgan fingerprint density at radius 3 is 2.34 bits per heavy atom. The number of carbonyl (C=O) groups excluding carboxylic acids is 2. The van der Waals surface area contributed by atoms with Crippen LogP contribution in [0.2, 0.25) is 0 Å². The van der Waals surface area contributed by atoms with E-state index < -0.39 is 41.4 Å². The highest BCUT2D eigenvalue weighted by Crippen LogP contribution is 2.26. The Balaban J connectivity index is 2.17. The lowest BCUT2D eigenvalue weighted by atomic mass is 10.1. The fourth-order valence-corrected chi connectivity index (χ4v) is 2.84. The predicted molar refractivity (Wildman–Crippen MR) is 113 cm³/mol. The predicted octanol–water partition coefficient (Wildman–Crippen LogP) is 4.26. The van der Waals surface area contributed by atoms with Crippen LogP contribution in [0, 0.1) is 0 Å². The Morgan fingerprint density at radius 1 is 1.09 bits per heavy atom. The molecule has 2 amide bonds. The highest BCUT2D eigenvalue weighted by molar-refractivity contribution is 5.91. The molecule has 1 aromatic carbocycles. The van der Waals surface area contributed by atoms with E-state index in [1.54, 1.807) is 52.0 Å². The summed E-state index contributed by atoms with van der Waals surface area (Å²) in [7, 11) is 0. The van der Waals surface area contributed by atoms with Gasteiger partial charge in [0.15, 0.2) is 0 Å². The standard InChI is InChI=1S/C22H26F3N3O4/c1-5-27(20(31)32-21(2,3)4)13-15-9-6-7-11-17(15)26-18(29)14-28-12-8-10-16(19(28)30)22(23,24)25/h6-12H,5,13-14H2,1-4H3,(H,26,29). The first-order chi connectivity index (χ1) is 14.8. The van der Waals surface area contributed by atoms with Gasteiger partial charge in [0.2, 0.25) is 5.91 Å². The Labute approximate surface area is 183 Å². The van der Waals surface area contributed by atoms with Crippen LogP contribution in [0.1, 0.15) is 38.8 Å². The SMILES string of the molecule is CCN(Cc1ccccc1NC(=O)Cn1cccc(C(F)(F)F)c1=O)C(=O)OC(C)(C)C. The monoisotopic (exact) mass is 453 g/mol. The van der Waals surface area contributed by atoms with Gasteiger partial charge in [0.1, 0.15) is 17.7 Å². The lowest BCUT2D eigenvalue weighted by molar-refractivity contribution is -0.139. The molecule has 10 heteroatoms. The van der Waals surface area contributed by atoms with E-state index in [2.05, 4.69) is 5.32 Å². The molecule has 0 aliphatic rings. The number of nitrogens with one attached hydrogen (secondary N) is 1. The van der Waals surface area contributed by atoms with E-state index in [9.17, 15) is 27.6 Å². The molecule has 0 fully saturated rings. The van der Waals surface area contributed by atoms with E-state index in [-0.39, 0.29) is 6.54 Å². The van der Waals surface area contributed by atoms with Crippen LogP contribution in [0.3, 0.4) is 0 Å². The summed E-state index contributed by atoms with van der Waals surface area (Å²) >= 11 is 0. The number of ether oxygens (including phenoxy) is 1. The molecule has 0 radical (unpaired) electrons. The van der Waals surface area contributed by atoms with Crippen molar-refractivity contribution < 1.29 is 27.5 Å². The average molecular weight is 453 g/mol. The topological polar surface area (TPSA) is 80.6 Å². The lowest BCUT2D eigenvalue weighted by Gasteiger charge is -2.27. The van der Waals surface area contributed by atoms with Gasteiger partial charge in [0, 0.05) is 18.4 Å². The van der Waals surface area contributed by atoms with Crippen molar-refractivity contribution in [2.24, 2.45) is 0 Å². The number of halogens is 3. The summed E-state index contributed by atoms with van der Waals surface area (Å²) in [4.78, 5) is 38.4. The summed E-state index contributed by atoms with van der Waals surface area (Å²) in [6.07, 6.45) is -4.21. The van der Waals surface area contributed by atoms with Gasteiger partial charge >= 0.3 is 12.3 Å². The molecule has 7 nitrogen and oxygen atoms in total. The van der Waals surface area contributed by atoms with Gasteiger partial charge in [-0.15, -0.1) is 0 Å². The van der Waals surface area contributed by atoms with Gasteiger partial charge in [-0.1, -0.05) is 18.2 Å². The first-order valence-corrected chi connectivity index (χ1v) is 9.94. The molecule has 0 atom stereocenters. The molecular formula is C22H26F3N3O4. The fraction of sp³-hybridized carbons (Fsp3) is 0.409. The molecule has 1 N–H and O–H groups in total. The van der Waals surface area contributed by atoms with Crippen LogP contribution in [-0.2, 0) is 28.8 Å². The Bertz CT molecular complexity index is 1030. The van der Waals surface area contributed by atoms with Crippen molar-refractivity contribution in [3.63, 3.8) is 0 Å². The largest absolute Gasteiger partial charge is 0.444 e. The van der Waals surface area contributed by atoms with E-state index in [0.717, 1.165) is 12.3 Å². The molecule has 174 valence electrons. The zero-order chi connectivity index (χ0) is 24.1. The number of pyridine rings is 1. The van der Waals surface area contributed by atoms with Gasteiger partial charge in [0.25, 0.3) is 5.56 Å². The number of para-hydroxylation sites is 1. The van der Waals surface area contributed by atoms with Crippen LogP contribution in [0.15, 0.2) is 47.4 Å². The van der Waals surface area contributed by atoms with Gasteiger partial charge in [-0.25, -0.2) is 4.79 Å². The molecule has 0 bridgehead atoms. The van der Waals surface area contributed by atoms with Gasteiger partial charge in [-0.2, -0.15) is 13.2 Å². The minimum absolute atomic E-state index is 0.144. The summed E-state index contributed by atoms with van der Waals surface area (Å²) in [6.45, 7) is 6.95. The third kappa shape index (κ3) is 6.86. The molecule has 1 aromatic heterocycles. The highest BCUT2D eigenvalue weighted by Gasteiger charge is 2.34. The number of benzene rings is 1. The van der Waals surface area contributed by atoms with Crippen molar-refractivity contribution in [1.29, 1.82) is 0 Å². The number of rotatable bonds is 6. The minimum atomic E-state index is -4.81. The first-order valence-electron chi connectivity index (χ1n) is 9.94. The fourth-order valence-electron chi connectivity index (χ4n) is 2.84. The molecule has 0 saturated carbocycles. The molecule has 0 aliphatic heterocycles. The number of aromatic nitrogens is 1. The van der Waals surface area contributed by atoms with Gasteiger partial charge in [-0.3, -0.25) is 9.59 Å². The molecule has 32 heavy (non-hydrogen) atoms. The summed E-state index contributed by atoms with van der Waals surface area (Å²) in [6, 6.07) is 8.43. The van der Waals surface area contributed by atoms with Crippen LogP contribution in [-0.4, -0.2) is 33.6 Å². The molecule has 0 aliphatic carbocycles. The Morgan fingerprint density at radius 2 is 1.75 bits per heavy atom. The maximum absolute atomic E-state index is 12.9. The molecule has 2 aromatic rings. The number of carbonyl (C=O) groups is 2. The molecular weight excluding hydrogens is 427 g/mol. The van der Waals surface area contributed by atoms with Gasteiger partial charge < -0.3 is 19.5 Å². The zero-order valence-corrected chi connectivity index (χ0v) is 18.3. The van der Waals surface area contributed by atoms with Crippen molar-refractivity contribution in [3.05, 3.63) is 64.1 Å². The molecule has 1 heterocycles. The lowest BCUT2D eigenvalue weighted by Crippen LogP contribution is -2.36. The van der Waals surface area contributed by atoms with Crippen molar-refractivity contribution in [2.75, 3.05) is 11.9 Å². The van der Waals surface area contributed by atoms with Crippen molar-refractivity contribution in [3.8, 4) is 0 Å². The van der Waals surface area contributed by atoms with Crippen LogP contribution in [0.5, 0.6) is 0 Å². The number of alkyl halides is 3. The molecule has 0 saturated heterocycles. The third-order valence-corrected chi connectivity index (χ3v) is 4.33. The van der Waals surface area contributed by atoms with Gasteiger partial charge in [0.05, 0.1) is 6.54 Å². The van der Waals surface area contributed by atoms with Crippen molar-refractivity contribution >= 4 is 17.7 Å². The number of hydrogen-bond donors (Lipinski definition) is 1. The van der Waals surface area contributed by atoms with Crippen LogP contribution < -0.4 is 10.9 Å². The second-order valence-corrected chi connectivity index (χ2v) is 8.05. The molecule has 0 spiro atoms. The highest BCUT2D eigenvalue weighted by atomic mass is 19.4. The van der Waals surface area contributed by atoms with E-state index in [1.165, 1.54) is 4.90 Å².